The lowest BCUT2D eigenvalue weighted by Crippen LogP contribution is -2.08. The van der Waals surface area contributed by atoms with E-state index in [2.05, 4.69) is 5.32 Å². The normalized spacial score (nSPS) is 11.9. The predicted octanol–water partition coefficient (Wildman–Crippen LogP) is 3.61. The largest absolute Gasteiger partial charge is 0.508 e. The van der Waals surface area contributed by atoms with Gasteiger partial charge in [0.15, 0.2) is 0 Å². The zero-order chi connectivity index (χ0) is 14.7. The van der Waals surface area contributed by atoms with Gasteiger partial charge in [0, 0.05) is 6.04 Å². The van der Waals surface area contributed by atoms with Crippen molar-refractivity contribution in [1.82, 2.24) is 0 Å². The highest BCUT2D eigenvalue weighted by Gasteiger charge is 2.17. The number of hydrogen-bond donors (Lipinski definition) is 2. The Kier molecular flexibility index (Phi) is 3.84. The molecule has 0 bridgehead atoms. The van der Waals surface area contributed by atoms with Crippen LogP contribution in [0.2, 0.25) is 0 Å². The van der Waals surface area contributed by atoms with E-state index in [1.165, 1.54) is 24.3 Å². The minimum Gasteiger partial charge on any atom is -0.508 e. The predicted molar refractivity (Wildman–Crippen MR) is 73.2 cm³/mol. The van der Waals surface area contributed by atoms with E-state index in [0.29, 0.717) is 5.56 Å². The third-order valence-corrected chi connectivity index (χ3v) is 2.90. The molecule has 0 aliphatic carbocycles. The minimum atomic E-state index is -0.583. The molecule has 0 saturated heterocycles. The summed E-state index contributed by atoms with van der Waals surface area (Å²) >= 11 is 0. The maximum absolute atomic E-state index is 13.2. The van der Waals surface area contributed by atoms with E-state index in [4.69, 9.17) is 0 Å². The van der Waals surface area contributed by atoms with Gasteiger partial charge < -0.3 is 10.4 Å². The third-order valence-electron chi connectivity index (χ3n) is 2.90. The van der Waals surface area contributed by atoms with Gasteiger partial charge in [-0.2, -0.15) is 0 Å². The van der Waals surface area contributed by atoms with Crippen molar-refractivity contribution < 1.29 is 14.4 Å². The number of nitro benzene ring substituents is 1. The minimum absolute atomic E-state index is 0.180. The van der Waals surface area contributed by atoms with E-state index >= 15 is 0 Å². The fraction of sp³-hybridized carbons (Fsp3) is 0.143. The molecule has 2 N–H and O–H groups in total. The van der Waals surface area contributed by atoms with Crippen LogP contribution in [0.5, 0.6) is 5.75 Å². The number of aromatic hydroxyl groups is 1. The number of nitrogens with zero attached hydrogens (tertiary/aromatic N) is 1. The lowest BCUT2D eigenvalue weighted by atomic mass is 10.1. The van der Waals surface area contributed by atoms with E-state index < -0.39 is 4.92 Å². The summed E-state index contributed by atoms with van der Waals surface area (Å²) in [5.41, 5.74) is 0.713. The number of anilines is 1. The molecule has 2 aromatic rings. The second kappa shape index (κ2) is 5.56. The fourth-order valence-corrected chi connectivity index (χ4v) is 1.89. The van der Waals surface area contributed by atoms with Crippen molar-refractivity contribution >= 4 is 11.4 Å². The second-order valence-electron chi connectivity index (χ2n) is 4.38. The second-order valence-corrected chi connectivity index (χ2v) is 4.38. The van der Waals surface area contributed by atoms with Gasteiger partial charge in [-0.25, -0.2) is 4.39 Å². The molecule has 1 atom stereocenters. The molecule has 6 heteroatoms. The highest BCUT2D eigenvalue weighted by atomic mass is 19.1. The molecule has 1 unspecified atom stereocenters. The molecule has 0 aliphatic heterocycles. The molecule has 0 heterocycles. The first-order valence-electron chi connectivity index (χ1n) is 5.97. The van der Waals surface area contributed by atoms with E-state index in [0.717, 1.165) is 6.07 Å². The zero-order valence-electron chi connectivity index (χ0n) is 10.7. The highest BCUT2D eigenvalue weighted by molar-refractivity contribution is 5.64. The first kappa shape index (κ1) is 13.8. The van der Waals surface area contributed by atoms with Crippen LogP contribution in [-0.2, 0) is 0 Å². The summed E-state index contributed by atoms with van der Waals surface area (Å²) in [6.45, 7) is 1.77. The molecule has 5 nitrogen and oxygen atoms in total. The van der Waals surface area contributed by atoms with Gasteiger partial charge in [0.05, 0.1) is 11.0 Å². The Hall–Kier alpha value is -2.63. The summed E-state index contributed by atoms with van der Waals surface area (Å²) in [6.07, 6.45) is 0. The molecule has 0 spiro atoms. The van der Waals surface area contributed by atoms with Crippen LogP contribution in [0, 0.1) is 15.9 Å². The Bertz CT molecular complexity index is 646. The molecule has 104 valence electrons. The fourth-order valence-electron chi connectivity index (χ4n) is 1.89. The Labute approximate surface area is 114 Å². The molecular formula is C14H13FN2O3. The number of nitro groups is 1. The van der Waals surface area contributed by atoms with Crippen LogP contribution in [0.4, 0.5) is 15.8 Å². The van der Waals surface area contributed by atoms with Crippen LogP contribution in [0.1, 0.15) is 18.5 Å². The van der Waals surface area contributed by atoms with Gasteiger partial charge in [-0.05, 0) is 36.8 Å². The maximum Gasteiger partial charge on any atom is 0.296 e. The standard InChI is InChI=1S/C14H13FN2O3/c1-9(10-3-2-4-11(15)7-10)16-13-6-5-12(18)8-14(13)17(19)20/h2-9,16,18H,1H3. The molecule has 0 aromatic heterocycles. The van der Waals surface area contributed by atoms with Crippen molar-refractivity contribution in [3.05, 3.63) is 64.0 Å². The van der Waals surface area contributed by atoms with E-state index in [9.17, 15) is 19.6 Å². The van der Waals surface area contributed by atoms with Crippen LogP contribution in [0.15, 0.2) is 42.5 Å². The van der Waals surface area contributed by atoms with Gasteiger partial charge in [-0.1, -0.05) is 12.1 Å². The number of phenolic OH excluding ortho intramolecular Hbond substituents is 1. The maximum atomic E-state index is 13.2. The molecule has 2 rings (SSSR count). The van der Waals surface area contributed by atoms with Crippen molar-refractivity contribution in [2.45, 2.75) is 13.0 Å². The van der Waals surface area contributed by atoms with Crippen molar-refractivity contribution in [1.29, 1.82) is 0 Å². The van der Waals surface area contributed by atoms with Gasteiger partial charge in [-0.15, -0.1) is 0 Å². The summed E-state index contributed by atoms with van der Waals surface area (Å²) in [5.74, 6) is -0.544. The first-order valence-corrected chi connectivity index (χ1v) is 5.97. The number of hydrogen-bond acceptors (Lipinski definition) is 4. The lowest BCUT2D eigenvalue weighted by molar-refractivity contribution is -0.384. The summed E-state index contributed by atoms with van der Waals surface area (Å²) in [4.78, 5) is 10.4. The van der Waals surface area contributed by atoms with Crippen molar-refractivity contribution in [2.75, 3.05) is 5.32 Å². The number of benzene rings is 2. The average molecular weight is 276 g/mol. The number of nitrogens with one attached hydrogen (secondary N) is 1. The average Bonchev–Trinajstić information content (AvgIpc) is 2.40. The van der Waals surface area contributed by atoms with Gasteiger partial charge >= 0.3 is 0 Å². The zero-order valence-corrected chi connectivity index (χ0v) is 10.7. The molecule has 20 heavy (non-hydrogen) atoms. The number of rotatable bonds is 4. The van der Waals surface area contributed by atoms with Crippen LogP contribution in [0.3, 0.4) is 0 Å². The smallest absolute Gasteiger partial charge is 0.296 e. The Morgan fingerprint density at radius 3 is 2.70 bits per heavy atom. The molecule has 0 saturated carbocycles. The lowest BCUT2D eigenvalue weighted by Gasteiger charge is -2.15. The molecule has 0 aliphatic rings. The van der Waals surface area contributed by atoms with Crippen LogP contribution in [-0.4, -0.2) is 10.0 Å². The van der Waals surface area contributed by atoms with Crippen LogP contribution in [0.25, 0.3) is 0 Å². The van der Waals surface area contributed by atoms with E-state index in [1.807, 2.05) is 0 Å². The van der Waals surface area contributed by atoms with E-state index in [-0.39, 0.29) is 29.0 Å². The van der Waals surface area contributed by atoms with Crippen molar-refractivity contribution in [2.24, 2.45) is 0 Å². The third kappa shape index (κ3) is 3.03. The molecule has 0 radical (unpaired) electrons. The van der Waals surface area contributed by atoms with Crippen molar-refractivity contribution in [3.63, 3.8) is 0 Å². The van der Waals surface area contributed by atoms with Crippen LogP contribution < -0.4 is 5.32 Å². The summed E-state index contributed by atoms with van der Waals surface area (Å²) in [7, 11) is 0. The molecule has 2 aromatic carbocycles. The summed E-state index contributed by atoms with van der Waals surface area (Å²) in [6, 6.07) is 9.54. The van der Waals surface area contributed by atoms with Gasteiger partial charge in [0.2, 0.25) is 0 Å². The monoisotopic (exact) mass is 276 g/mol. The quantitative estimate of drug-likeness (QED) is 0.508. The Morgan fingerprint density at radius 2 is 2.05 bits per heavy atom. The van der Waals surface area contributed by atoms with Crippen LogP contribution >= 0.6 is 0 Å². The highest BCUT2D eigenvalue weighted by Crippen LogP contribution is 2.31. The molecule has 0 fully saturated rings. The summed E-state index contributed by atoms with van der Waals surface area (Å²) in [5, 5.41) is 23.2. The number of phenols is 1. The van der Waals surface area contributed by atoms with E-state index in [1.54, 1.807) is 19.1 Å². The Balaban J connectivity index is 2.28. The SMILES string of the molecule is CC(Nc1ccc(O)cc1[N+](=O)[O-])c1cccc(F)c1. The first-order chi connectivity index (χ1) is 9.47. The topological polar surface area (TPSA) is 75.4 Å². The molecule has 0 amide bonds. The van der Waals surface area contributed by atoms with Gasteiger partial charge in [-0.3, -0.25) is 10.1 Å². The van der Waals surface area contributed by atoms with Gasteiger partial charge in [0.1, 0.15) is 17.3 Å². The Morgan fingerprint density at radius 1 is 1.30 bits per heavy atom. The van der Waals surface area contributed by atoms with Gasteiger partial charge in [0.25, 0.3) is 5.69 Å². The summed E-state index contributed by atoms with van der Waals surface area (Å²) < 4.78 is 13.2. The number of halogens is 1. The molecular weight excluding hydrogens is 263 g/mol. The van der Waals surface area contributed by atoms with Crippen molar-refractivity contribution in [3.8, 4) is 5.75 Å².